The van der Waals surface area contributed by atoms with E-state index in [1.54, 1.807) is 0 Å². The summed E-state index contributed by atoms with van der Waals surface area (Å²) >= 11 is 0. The SMILES string of the molecule is CC(O)(C#CC12CCCCC1O2)C(F)(F)F. The van der Waals surface area contributed by atoms with E-state index in [0.717, 1.165) is 19.3 Å². The first-order chi connectivity index (χ1) is 7.27. The number of alkyl halides is 3. The predicted molar refractivity (Wildman–Crippen MR) is 50.5 cm³/mol. The molecular formula is C11H13F3O2. The maximum absolute atomic E-state index is 12.3. The van der Waals surface area contributed by atoms with Gasteiger partial charge in [-0.15, -0.1) is 0 Å². The second-order valence-corrected chi connectivity index (χ2v) is 4.56. The average Bonchev–Trinajstić information content (AvgIpc) is 2.88. The molecule has 1 saturated heterocycles. The normalized spacial score (nSPS) is 36.7. The molecule has 1 N–H and O–H groups in total. The first-order valence-electron chi connectivity index (χ1n) is 5.28. The van der Waals surface area contributed by atoms with Gasteiger partial charge in [0.25, 0.3) is 0 Å². The fourth-order valence-electron chi connectivity index (χ4n) is 1.92. The summed E-state index contributed by atoms with van der Waals surface area (Å²) in [5.74, 6) is 4.38. The lowest BCUT2D eigenvalue weighted by molar-refractivity contribution is -0.228. The minimum absolute atomic E-state index is 0.0298. The lowest BCUT2D eigenvalue weighted by atomic mass is 9.89. The van der Waals surface area contributed by atoms with Gasteiger partial charge in [-0.25, -0.2) is 0 Å². The van der Waals surface area contributed by atoms with Crippen LogP contribution in [0.15, 0.2) is 0 Å². The Morgan fingerprint density at radius 2 is 2.06 bits per heavy atom. The van der Waals surface area contributed by atoms with Gasteiger partial charge in [-0.1, -0.05) is 18.3 Å². The highest BCUT2D eigenvalue weighted by Gasteiger charge is 2.57. The minimum atomic E-state index is -4.73. The second kappa shape index (κ2) is 3.38. The van der Waals surface area contributed by atoms with Gasteiger partial charge in [0.1, 0.15) is 0 Å². The molecule has 90 valence electrons. The van der Waals surface area contributed by atoms with Crippen LogP contribution >= 0.6 is 0 Å². The Balaban J connectivity index is 2.11. The van der Waals surface area contributed by atoms with Crippen LogP contribution in [0.5, 0.6) is 0 Å². The topological polar surface area (TPSA) is 32.8 Å². The molecule has 0 aromatic rings. The van der Waals surface area contributed by atoms with Crippen molar-refractivity contribution in [2.75, 3.05) is 0 Å². The molecule has 2 aliphatic rings. The Morgan fingerprint density at radius 3 is 2.62 bits per heavy atom. The van der Waals surface area contributed by atoms with E-state index in [0.29, 0.717) is 13.3 Å². The second-order valence-electron chi connectivity index (χ2n) is 4.56. The maximum Gasteiger partial charge on any atom is 0.428 e. The molecule has 0 radical (unpaired) electrons. The molecule has 2 nitrogen and oxygen atoms in total. The molecule has 1 saturated carbocycles. The Labute approximate surface area is 91.8 Å². The van der Waals surface area contributed by atoms with Gasteiger partial charge in [-0.05, 0) is 26.2 Å². The number of aliphatic hydroxyl groups is 1. The summed E-state index contributed by atoms with van der Waals surface area (Å²) in [6, 6.07) is 0. The molecule has 0 amide bonds. The Kier molecular flexibility index (Phi) is 2.48. The molecule has 1 aliphatic carbocycles. The zero-order valence-electron chi connectivity index (χ0n) is 8.90. The quantitative estimate of drug-likeness (QED) is 0.513. The van der Waals surface area contributed by atoms with E-state index in [9.17, 15) is 13.2 Å². The van der Waals surface area contributed by atoms with Crippen molar-refractivity contribution < 1.29 is 23.0 Å². The number of fused-ring (bicyclic) bond motifs is 1. The largest absolute Gasteiger partial charge is 0.428 e. The molecule has 1 aliphatic heterocycles. The van der Waals surface area contributed by atoms with Gasteiger partial charge in [0.15, 0.2) is 5.60 Å². The van der Waals surface area contributed by atoms with Crippen LogP contribution in [0.2, 0.25) is 0 Å². The molecule has 3 atom stereocenters. The van der Waals surface area contributed by atoms with Crippen molar-refractivity contribution in [2.45, 2.75) is 56.1 Å². The first-order valence-corrected chi connectivity index (χ1v) is 5.28. The van der Waals surface area contributed by atoms with Crippen molar-refractivity contribution in [2.24, 2.45) is 0 Å². The van der Waals surface area contributed by atoms with E-state index in [2.05, 4.69) is 5.92 Å². The van der Waals surface area contributed by atoms with Gasteiger partial charge < -0.3 is 9.84 Å². The van der Waals surface area contributed by atoms with E-state index >= 15 is 0 Å². The third-order valence-corrected chi connectivity index (χ3v) is 3.15. The number of ether oxygens (including phenoxy) is 1. The number of epoxide rings is 1. The molecule has 0 bridgehead atoms. The highest BCUT2D eigenvalue weighted by atomic mass is 19.4. The van der Waals surface area contributed by atoms with Gasteiger partial charge >= 0.3 is 6.18 Å². The lowest BCUT2D eigenvalue weighted by Crippen LogP contribution is -2.41. The van der Waals surface area contributed by atoms with Gasteiger partial charge in [0.2, 0.25) is 5.60 Å². The van der Waals surface area contributed by atoms with Crippen molar-refractivity contribution in [3.63, 3.8) is 0 Å². The molecular weight excluding hydrogens is 221 g/mol. The number of rotatable bonds is 0. The van der Waals surface area contributed by atoms with E-state index in [4.69, 9.17) is 9.84 Å². The molecule has 0 aromatic heterocycles. The fraction of sp³-hybridized carbons (Fsp3) is 0.818. The monoisotopic (exact) mass is 234 g/mol. The zero-order valence-corrected chi connectivity index (χ0v) is 8.90. The van der Waals surface area contributed by atoms with Crippen LogP contribution in [0.4, 0.5) is 13.2 Å². The zero-order chi connectivity index (χ0) is 12.0. The van der Waals surface area contributed by atoms with Crippen LogP contribution in [-0.4, -0.2) is 28.6 Å². The van der Waals surface area contributed by atoms with E-state index in [1.807, 2.05) is 5.92 Å². The molecule has 16 heavy (non-hydrogen) atoms. The summed E-state index contributed by atoms with van der Waals surface area (Å²) in [7, 11) is 0. The highest BCUT2D eigenvalue weighted by molar-refractivity contribution is 5.30. The van der Waals surface area contributed by atoms with Crippen molar-refractivity contribution in [1.82, 2.24) is 0 Å². The maximum atomic E-state index is 12.3. The Morgan fingerprint density at radius 1 is 1.38 bits per heavy atom. The summed E-state index contributed by atoms with van der Waals surface area (Å²) in [6.07, 6.45) is -1.29. The van der Waals surface area contributed by atoms with Crippen molar-refractivity contribution in [1.29, 1.82) is 0 Å². The molecule has 3 unspecified atom stereocenters. The van der Waals surface area contributed by atoms with Crippen molar-refractivity contribution in [3.05, 3.63) is 0 Å². The molecule has 1 heterocycles. The van der Waals surface area contributed by atoms with Crippen LogP contribution in [0, 0.1) is 11.8 Å². The standard InChI is InChI=1S/C11H13F3O2/c1-9(15,11(12,13)14)6-7-10-5-3-2-4-8(10)16-10/h8,15H,2-5H2,1H3. The summed E-state index contributed by atoms with van der Waals surface area (Å²) in [6.45, 7) is 0.664. The summed E-state index contributed by atoms with van der Waals surface area (Å²) in [4.78, 5) is 0. The summed E-state index contributed by atoms with van der Waals surface area (Å²) < 4.78 is 42.3. The van der Waals surface area contributed by atoms with Crippen LogP contribution in [0.25, 0.3) is 0 Å². The summed E-state index contributed by atoms with van der Waals surface area (Å²) in [5.41, 5.74) is -3.65. The van der Waals surface area contributed by atoms with Crippen LogP contribution in [0.3, 0.4) is 0 Å². The molecule has 2 fully saturated rings. The number of halogens is 3. The van der Waals surface area contributed by atoms with Crippen LogP contribution in [0.1, 0.15) is 32.6 Å². The number of hydrogen-bond acceptors (Lipinski definition) is 2. The van der Waals surface area contributed by atoms with Gasteiger partial charge in [0, 0.05) is 0 Å². The van der Waals surface area contributed by atoms with Crippen LogP contribution < -0.4 is 0 Å². The van der Waals surface area contributed by atoms with Gasteiger partial charge in [-0.3, -0.25) is 0 Å². The van der Waals surface area contributed by atoms with Crippen molar-refractivity contribution in [3.8, 4) is 11.8 Å². The van der Waals surface area contributed by atoms with E-state index in [-0.39, 0.29) is 6.10 Å². The molecule has 2 rings (SSSR count). The van der Waals surface area contributed by atoms with E-state index in [1.165, 1.54) is 0 Å². The minimum Gasteiger partial charge on any atom is -0.370 e. The Hall–Kier alpha value is -0.730. The smallest absolute Gasteiger partial charge is 0.370 e. The van der Waals surface area contributed by atoms with Crippen molar-refractivity contribution >= 4 is 0 Å². The molecule has 0 spiro atoms. The number of hydrogen-bond donors (Lipinski definition) is 1. The highest BCUT2D eigenvalue weighted by Crippen LogP contribution is 2.47. The predicted octanol–water partition coefficient (Wildman–Crippen LogP) is 2.01. The third-order valence-electron chi connectivity index (χ3n) is 3.15. The first kappa shape index (κ1) is 11.7. The summed E-state index contributed by atoms with van der Waals surface area (Å²) in [5, 5.41) is 9.16. The lowest BCUT2D eigenvalue weighted by Gasteiger charge is -2.20. The fourth-order valence-corrected chi connectivity index (χ4v) is 1.92. The average molecular weight is 234 g/mol. The Bertz CT molecular complexity index is 350. The van der Waals surface area contributed by atoms with Gasteiger partial charge in [0.05, 0.1) is 6.10 Å². The molecule has 0 aromatic carbocycles. The van der Waals surface area contributed by atoms with Gasteiger partial charge in [-0.2, -0.15) is 13.2 Å². The molecule has 5 heteroatoms. The van der Waals surface area contributed by atoms with Crippen LogP contribution in [-0.2, 0) is 4.74 Å². The van der Waals surface area contributed by atoms with E-state index < -0.39 is 17.4 Å². The third kappa shape index (κ3) is 1.92.